The van der Waals surface area contributed by atoms with Crippen LogP contribution in [0.25, 0.3) is 11.1 Å². The van der Waals surface area contributed by atoms with Crippen LogP contribution in [-0.4, -0.2) is 145 Å². The number of aryl methyl sites for hydroxylation is 1. The molecule has 0 radical (unpaired) electrons. The van der Waals surface area contributed by atoms with Gasteiger partial charge in [0.05, 0.1) is 67.6 Å². The zero-order valence-electron chi connectivity index (χ0n) is 50.5. The molecule has 18 nitrogen and oxygen atoms in total. The minimum Gasteiger partial charge on any atom is -0.494 e. The monoisotopic (exact) mass is 1170 g/mol. The minimum atomic E-state index is -0.791. The van der Waals surface area contributed by atoms with E-state index in [1.165, 1.54) is 24.2 Å². The van der Waals surface area contributed by atoms with Gasteiger partial charge in [-0.2, -0.15) is 0 Å². The number of ketones is 2. The largest absolute Gasteiger partial charge is 0.494 e. The van der Waals surface area contributed by atoms with Crippen molar-refractivity contribution < 1.29 is 52.5 Å². The molecule has 4 atom stereocenters. The molecule has 0 bridgehead atoms. The topological polar surface area (TPSA) is 206 Å². The molecule has 5 aliphatic rings. The first-order valence-corrected chi connectivity index (χ1v) is 30.1. The number of nitrogens with zero attached hydrogens (tertiary/aromatic N) is 6. The van der Waals surface area contributed by atoms with Gasteiger partial charge in [0.2, 0.25) is 5.91 Å². The Bertz CT molecular complexity index is 3360. The molecule has 5 aliphatic heterocycles. The second kappa shape index (κ2) is 28.6. The summed E-state index contributed by atoms with van der Waals surface area (Å²) in [4.78, 5) is 108. The van der Waals surface area contributed by atoms with Crippen molar-refractivity contribution in [3.05, 3.63) is 131 Å². The summed E-state index contributed by atoms with van der Waals surface area (Å²) in [7, 11) is 5.64. The average molecular weight is 1170 g/mol. The van der Waals surface area contributed by atoms with Gasteiger partial charge in [0.15, 0.2) is 17.3 Å². The number of methoxy groups -OCH3 is 1. The predicted octanol–water partition coefficient (Wildman–Crippen LogP) is 10.2. The fourth-order valence-electron chi connectivity index (χ4n) is 11.3. The zero-order chi connectivity index (χ0) is 61.0. The highest BCUT2D eigenvalue weighted by molar-refractivity contribution is 6.13. The van der Waals surface area contributed by atoms with E-state index in [1.54, 1.807) is 35.1 Å². The summed E-state index contributed by atoms with van der Waals surface area (Å²) in [6, 6.07) is 21.5. The van der Waals surface area contributed by atoms with Gasteiger partial charge >= 0.3 is 0 Å². The van der Waals surface area contributed by atoms with Crippen LogP contribution in [0.4, 0.5) is 11.4 Å². The van der Waals surface area contributed by atoms with Crippen molar-refractivity contribution in [2.45, 2.75) is 123 Å². The van der Waals surface area contributed by atoms with Gasteiger partial charge in [-0.25, -0.2) is 0 Å². The lowest BCUT2D eigenvalue weighted by atomic mass is 9.88. The Hall–Kier alpha value is -8.51. The summed E-state index contributed by atoms with van der Waals surface area (Å²) in [5.41, 5.74) is 7.52. The first-order chi connectivity index (χ1) is 41.4. The number of unbranched alkanes of at least 4 members (excludes halogenated alkanes) is 4. The molecule has 1 N–H and O–H groups in total. The van der Waals surface area contributed by atoms with Gasteiger partial charge in [-0.1, -0.05) is 56.7 Å². The lowest BCUT2D eigenvalue weighted by Gasteiger charge is -2.22. The average Bonchev–Trinajstić information content (AvgIpc) is 4.08. The molecular formula is C68H79N7O11. The second-order valence-electron chi connectivity index (χ2n) is 23.4. The van der Waals surface area contributed by atoms with Crippen LogP contribution >= 0.6 is 0 Å². The first kappa shape index (κ1) is 62.0. The number of rotatable bonds is 30. The lowest BCUT2D eigenvalue weighted by molar-refractivity contribution is -0.137. The predicted molar refractivity (Wildman–Crippen MR) is 331 cm³/mol. The molecule has 18 heteroatoms. The highest BCUT2D eigenvalue weighted by atomic mass is 16.5. The number of benzene rings is 4. The maximum Gasteiger partial charge on any atom is 0.260 e. The highest BCUT2D eigenvalue weighted by Gasteiger charge is 2.36. The SMILES string of the molecule is COc1cc2c(cc1OCCCCCOc1cc3c(cc1C)C(=O)N1C=C(c4ccc(OCCCN(C)C)cc4)C[C@H]1C=N3)N=C[C@@H]1CC(c3cccc(CC(=O)[C@H](C)NC(=O)[C@@H](CC(=O)CCCCCN4C(=O)C=CC4=O)C(C)C)c3)=CN1C2=O. The number of hydrogen-bond donors (Lipinski definition) is 1. The van der Waals surface area contributed by atoms with E-state index in [0.717, 1.165) is 71.4 Å². The third kappa shape index (κ3) is 15.3. The van der Waals surface area contributed by atoms with Crippen LogP contribution in [0.2, 0.25) is 0 Å². The van der Waals surface area contributed by atoms with Crippen molar-refractivity contribution in [3.63, 3.8) is 0 Å². The Morgan fingerprint density at radius 3 is 1.92 bits per heavy atom. The lowest BCUT2D eigenvalue weighted by Crippen LogP contribution is -2.44. The third-order valence-corrected chi connectivity index (χ3v) is 16.3. The van der Waals surface area contributed by atoms with Crippen LogP contribution in [0.5, 0.6) is 23.0 Å². The summed E-state index contributed by atoms with van der Waals surface area (Å²) in [5.74, 6) is 0.162. The smallest absolute Gasteiger partial charge is 0.260 e. The van der Waals surface area contributed by atoms with E-state index >= 15 is 0 Å². The zero-order valence-corrected chi connectivity index (χ0v) is 50.5. The molecule has 0 aliphatic carbocycles. The van der Waals surface area contributed by atoms with Gasteiger partial charge in [-0.3, -0.25) is 48.4 Å². The quantitative estimate of drug-likeness (QED) is 0.0382. The summed E-state index contributed by atoms with van der Waals surface area (Å²) < 4.78 is 24.1. The normalized spacial score (nSPS) is 17.4. The molecule has 4 aromatic rings. The number of carbonyl (C=O) groups excluding carboxylic acids is 7. The second-order valence-corrected chi connectivity index (χ2v) is 23.4. The van der Waals surface area contributed by atoms with Crippen LogP contribution in [-0.2, 0) is 30.4 Å². The van der Waals surface area contributed by atoms with Crippen molar-refractivity contribution in [2.24, 2.45) is 21.8 Å². The fraction of sp³-hybridized carbons (Fsp3) is 0.426. The molecule has 9 rings (SSSR count). The Balaban J connectivity index is 0.710. The van der Waals surface area contributed by atoms with Crippen LogP contribution in [0, 0.1) is 18.8 Å². The van der Waals surface area contributed by atoms with Gasteiger partial charge in [-0.15, -0.1) is 0 Å². The fourth-order valence-corrected chi connectivity index (χ4v) is 11.3. The van der Waals surface area contributed by atoms with Gasteiger partial charge in [0.1, 0.15) is 17.3 Å². The number of imide groups is 1. The Morgan fingerprint density at radius 2 is 1.28 bits per heavy atom. The summed E-state index contributed by atoms with van der Waals surface area (Å²) >= 11 is 0. The molecule has 5 amide bonds. The van der Waals surface area contributed by atoms with E-state index in [2.05, 4.69) is 24.3 Å². The minimum absolute atomic E-state index is 0.0484. The Kier molecular flexibility index (Phi) is 20.6. The van der Waals surface area contributed by atoms with Crippen molar-refractivity contribution in [3.8, 4) is 23.0 Å². The highest BCUT2D eigenvalue weighted by Crippen LogP contribution is 2.41. The number of amides is 5. The van der Waals surface area contributed by atoms with Gasteiger partial charge < -0.3 is 39.0 Å². The molecule has 0 aromatic heterocycles. The summed E-state index contributed by atoms with van der Waals surface area (Å²) in [6.07, 6.45) is 16.7. The Morgan fingerprint density at radius 1 is 0.674 bits per heavy atom. The van der Waals surface area contributed by atoms with Crippen LogP contribution in [0.15, 0.2) is 107 Å². The number of ether oxygens (including phenoxy) is 4. The van der Waals surface area contributed by atoms with Crippen molar-refractivity contribution in [1.29, 1.82) is 0 Å². The molecule has 86 heavy (non-hydrogen) atoms. The van der Waals surface area contributed by atoms with Crippen molar-refractivity contribution >= 4 is 76.1 Å². The summed E-state index contributed by atoms with van der Waals surface area (Å²) in [5, 5.41) is 2.86. The van der Waals surface area contributed by atoms with Crippen LogP contribution in [0.3, 0.4) is 0 Å². The molecule has 5 heterocycles. The molecule has 0 saturated heterocycles. The molecule has 0 unspecified atom stereocenters. The molecule has 0 spiro atoms. The van der Waals surface area contributed by atoms with Crippen molar-refractivity contribution in [2.75, 3.05) is 54.1 Å². The molecule has 4 aromatic carbocycles. The number of aliphatic imine (C=N–C) groups is 2. The van der Waals surface area contributed by atoms with E-state index in [4.69, 9.17) is 28.9 Å². The van der Waals surface area contributed by atoms with Gasteiger partial charge in [-0.05, 0) is 130 Å². The maximum atomic E-state index is 14.2. The van der Waals surface area contributed by atoms with E-state index in [1.807, 2.05) is 100 Å². The van der Waals surface area contributed by atoms with Crippen LogP contribution in [0.1, 0.15) is 134 Å². The standard InChI is InChI=1S/C68H79N7O11/c1-43(2)55(35-53(76)18-10-8-11-26-73-64(78)23-24-65(73)79)66(80)71-45(4)60(77)32-46-16-14-17-48(31-46)50-34-52-40-70-59-38-63(62(83-7)36-57(59)68(82)75(52)42-50)86-28-13-9-12-27-85-61-37-58-56(30-44(61)3)67(81)74-41-49(33-51(74)39-69-58)47-19-21-54(22-20-47)84-29-15-25-72(5)6/h14,16-17,19-24,30-31,36-43,45,51-52,55H,8-13,15,18,25-29,32-35H2,1-7H3,(H,71,80)/t45-,51-,52-,55-/m0/s1. The van der Waals surface area contributed by atoms with Crippen molar-refractivity contribution in [1.82, 2.24) is 24.9 Å². The van der Waals surface area contributed by atoms with E-state index in [9.17, 15) is 33.6 Å². The number of carbonyl (C=O) groups is 7. The number of nitrogens with one attached hydrogen (secondary N) is 1. The maximum absolute atomic E-state index is 14.2. The number of hydrogen-bond acceptors (Lipinski definition) is 14. The van der Waals surface area contributed by atoms with E-state index in [-0.39, 0.29) is 78.4 Å². The van der Waals surface area contributed by atoms with E-state index in [0.29, 0.717) is 98.2 Å². The van der Waals surface area contributed by atoms with Crippen LogP contribution < -0.4 is 24.3 Å². The number of fused-ring (bicyclic) bond motifs is 4. The van der Waals surface area contributed by atoms with Gasteiger partial charge in [0, 0.05) is 100 Å². The molecule has 452 valence electrons. The Labute approximate surface area is 504 Å². The van der Waals surface area contributed by atoms with Gasteiger partial charge in [0.25, 0.3) is 23.6 Å². The molecule has 0 saturated carbocycles. The van der Waals surface area contributed by atoms with E-state index < -0.39 is 12.0 Å². The molecule has 0 fully saturated rings. The number of Topliss-reactive ketones (excluding diaryl/α,β-unsaturated/α-hetero) is 2. The molecular weight excluding hydrogens is 1090 g/mol. The summed E-state index contributed by atoms with van der Waals surface area (Å²) in [6.45, 7) is 10.2. The third-order valence-electron chi connectivity index (χ3n) is 16.3. The first-order valence-electron chi connectivity index (χ1n) is 30.1.